The third-order valence-electron chi connectivity index (χ3n) is 5.24. The smallest absolute Gasteiger partial charge is 0.252 e. The molecule has 0 spiro atoms. The van der Waals surface area contributed by atoms with E-state index in [1.807, 2.05) is 62.3 Å². The molecule has 2 aromatic rings. The zero-order chi connectivity index (χ0) is 22.5. The second kappa shape index (κ2) is 9.47. The second-order valence-electron chi connectivity index (χ2n) is 7.68. The molecule has 1 N–H and O–H groups in total. The maximum absolute atomic E-state index is 12.8. The summed E-state index contributed by atoms with van der Waals surface area (Å²) in [7, 11) is 3.61. The van der Waals surface area contributed by atoms with E-state index < -0.39 is 11.9 Å². The van der Waals surface area contributed by atoms with E-state index in [-0.39, 0.29) is 18.1 Å². The average molecular weight is 421 g/mol. The Kier molecular flexibility index (Phi) is 6.74. The molecule has 0 aliphatic carbocycles. The molecule has 2 amide bonds. The zero-order valence-corrected chi connectivity index (χ0v) is 18.4. The predicted octanol–water partition coefficient (Wildman–Crippen LogP) is 2.82. The van der Waals surface area contributed by atoms with Crippen LogP contribution in [0.2, 0.25) is 0 Å². The maximum Gasteiger partial charge on any atom is 0.252 e. The highest BCUT2D eigenvalue weighted by Crippen LogP contribution is 2.29. The molecule has 7 heteroatoms. The molecule has 1 atom stereocenters. The number of amides is 2. The Labute approximate surface area is 183 Å². The molecule has 0 radical (unpaired) electrons. The number of nitrogens with one attached hydrogen (secondary N) is 1. The van der Waals surface area contributed by atoms with E-state index in [1.54, 1.807) is 19.2 Å². The highest BCUT2D eigenvalue weighted by molar-refractivity contribution is 6.03. The van der Waals surface area contributed by atoms with Gasteiger partial charge in [-0.3, -0.25) is 14.6 Å². The minimum atomic E-state index is -0.799. The average Bonchev–Trinajstić information content (AvgIpc) is 2.87. The predicted molar refractivity (Wildman–Crippen MR) is 121 cm³/mol. The van der Waals surface area contributed by atoms with Gasteiger partial charge in [-0.1, -0.05) is 24.8 Å². The standard InChI is InChI=1S/C24H28N4O3/c1-16(12-18(3)27(4)14-19-11-10-17(2)25-13-19)23(29)26-20-15-31-22-9-7-6-8-21(22)28(5)24(20)30/h6-13,20H,1,14-15H2,2-5H3,(H,26,29)/b18-12-/t20-/m0/s1. The summed E-state index contributed by atoms with van der Waals surface area (Å²) in [5.41, 5.74) is 3.84. The van der Waals surface area contributed by atoms with E-state index in [1.165, 1.54) is 4.90 Å². The van der Waals surface area contributed by atoms with Crippen LogP contribution in [0.5, 0.6) is 5.75 Å². The molecule has 1 aromatic carbocycles. The van der Waals surface area contributed by atoms with Crippen molar-refractivity contribution in [3.8, 4) is 5.75 Å². The van der Waals surface area contributed by atoms with Crippen molar-refractivity contribution in [3.63, 3.8) is 0 Å². The molecule has 1 aliphatic rings. The van der Waals surface area contributed by atoms with Gasteiger partial charge in [0.05, 0.1) is 5.69 Å². The number of hydrogen-bond donors (Lipinski definition) is 1. The van der Waals surface area contributed by atoms with Crippen molar-refractivity contribution in [2.24, 2.45) is 0 Å². The van der Waals surface area contributed by atoms with Crippen LogP contribution in [-0.2, 0) is 16.1 Å². The van der Waals surface area contributed by atoms with Gasteiger partial charge < -0.3 is 19.9 Å². The Bertz CT molecular complexity index is 1010. The van der Waals surface area contributed by atoms with Gasteiger partial charge in [0.15, 0.2) is 0 Å². The molecular weight excluding hydrogens is 392 g/mol. The molecule has 0 saturated carbocycles. The van der Waals surface area contributed by atoms with Gasteiger partial charge in [0, 0.05) is 43.8 Å². The van der Waals surface area contributed by atoms with Crippen LogP contribution in [0.15, 0.2) is 66.5 Å². The van der Waals surface area contributed by atoms with E-state index in [9.17, 15) is 9.59 Å². The van der Waals surface area contributed by atoms with Crippen molar-refractivity contribution in [1.29, 1.82) is 0 Å². The molecule has 3 rings (SSSR count). The maximum atomic E-state index is 12.8. The largest absolute Gasteiger partial charge is 0.489 e. The second-order valence-corrected chi connectivity index (χ2v) is 7.68. The third kappa shape index (κ3) is 5.31. The van der Waals surface area contributed by atoms with Gasteiger partial charge in [-0.25, -0.2) is 0 Å². The summed E-state index contributed by atoms with van der Waals surface area (Å²) in [6.45, 7) is 8.44. The number of aromatic nitrogens is 1. The fraction of sp³-hybridized carbons (Fsp3) is 0.292. The Morgan fingerprint density at radius 3 is 2.81 bits per heavy atom. The van der Waals surface area contributed by atoms with Gasteiger partial charge in [-0.2, -0.15) is 0 Å². The first kappa shape index (κ1) is 22.1. The molecule has 0 fully saturated rings. The topological polar surface area (TPSA) is 74.8 Å². The third-order valence-corrected chi connectivity index (χ3v) is 5.24. The minimum absolute atomic E-state index is 0.0578. The van der Waals surface area contributed by atoms with Crippen molar-refractivity contribution in [1.82, 2.24) is 15.2 Å². The Hall–Kier alpha value is -3.61. The Morgan fingerprint density at radius 1 is 1.35 bits per heavy atom. The number of fused-ring (bicyclic) bond motifs is 1. The number of aryl methyl sites for hydroxylation is 1. The number of para-hydroxylation sites is 2. The molecule has 0 bridgehead atoms. The summed E-state index contributed by atoms with van der Waals surface area (Å²) >= 11 is 0. The van der Waals surface area contributed by atoms with Crippen LogP contribution in [-0.4, -0.2) is 48.4 Å². The molecular formula is C24H28N4O3. The first-order valence-corrected chi connectivity index (χ1v) is 10.1. The molecule has 1 aliphatic heterocycles. The van der Waals surface area contributed by atoms with Crippen molar-refractivity contribution in [3.05, 3.63) is 77.8 Å². The summed E-state index contributed by atoms with van der Waals surface area (Å²) < 4.78 is 5.74. The lowest BCUT2D eigenvalue weighted by Gasteiger charge is -2.22. The Morgan fingerprint density at radius 2 is 2.10 bits per heavy atom. The van der Waals surface area contributed by atoms with E-state index in [4.69, 9.17) is 4.74 Å². The lowest BCUT2D eigenvalue weighted by molar-refractivity contribution is -0.125. The van der Waals surface area contributed by atoms with E-state index in [0.717, 1.165) is 17.0 Å². The number of likely N-dealkylation sites (N-methyl/N-ethyl adjacent to an activating group) is 1. The summed E-state index contributed by atoms with van der Waals surface area (Å²) in [4.78, 5) is 33.3. The van der Waals surface area contributed by atoms with Crippen LogP contribution in [0.3, 0.4) is 0 Å². The SMILES string of the molecule is C=C(/C=C(/C)N(C)Cc1ccc(C)nc1)C(=O)N[C@H]1COc2ccccc2N(C)C1=O. The van der Waals surface area contributed by atoms with Crippen molar-refractivity contribution in [2.45, 2.75) is 26.4 Å². The number of ether oxygens (including phenoxy) is 1. The number of nitrogens with zero attached hydrogens (tertiary/aromatic N) is 3. The number of benzene rings is 1. The highest BCUT2D eigenvalue weighted by atomic mass is 16.5. The monoisotopic (exact) mass is 420 g/mol. The summed E-state index contributed by atoms with van der Waals surface area (Å²) in [6, 6.07) is 10.5. The number of carbonyl (C=O) groups is 2. The summed E-state index contributed by atoms with van der Waals surface area (Å²) in [5.74, 6) is -0.0428. The molecule has 2 heterocycles. The van der Waals surface area contributed by atoms with E-state index >= 15 is 0 Å². The molecule has 162 valence electrons. The van der Waals surface area contributed by atoms with Crippen LogP contribution >= 0.6 is 0 Å². The van der Waals surface area contributed by atoms with Crippen LogP contribution < -0.4 is 15.0 Å². The molecule has 7 nitrogen and oxygen atoms in total. The number of anilines is 1. The normalized spacial score (nSPS) is 16.1. The minimum Gasteiger partial charge on any atom is -0.489 e. The van der Waals surface area contributed by atoms with Gasteiger partial charge in [0.2, 0.25) is 0 Å². The van der Waals surface area contributed by atoms with Crippen LogP contribution in [0.1, 0.15) is 18.2 Å². The number of hydrogen-bond acceptors (Lipinski definition) is 5. The quantitative estimate of drug-likeness (QED) is 0.575. The van der Waals surface area contributed by atoms with E-state index in [2.05, 4.69) is 16.9 Å². The summed E-state index contributed by atoms with van der Waals surface area (Å²) in [5, 5.41) is 2.75. The zero-order valence-electron chi connectivity index (χ0n) is 18.4. The fourth-order valence-corrected chi connectivity index (χ4v) is 3.23. The summed E-state index contributed by atoms with van der Waals surface area (Å²) in [6.07, 6.45) is 3.55. The number of pyridine rings is 1. The van der Waals surface area contributed by atoms with Gasteiger partial charge in [-0.05, 0) is 43.7 Å². The molecule has 31 heavy (non-hydrogen) atoms. The molecule has 0 unspecified atom stereocenters. The van der Waals surface area contributed by atoms with Crippen molar-refractivity contribution < 1.29 is 14.3 Å². The van der Waals surface area contributed by atoms with Gasteiger partial charge >= 0.3 is 0 Å². The van der Waals surface area contributed by atoms with Gasteiger partial charge in [0.1, 0.15) is 18.4 Å². The first-order valence-electron chi connectivity index (χ1n) is 10.1. The molecule has 1 aromatic heterocycles. The van der Waals surface area contributed by atoms with Crippen LogP contribution in [0.25, 0.3) is 0 Å². The fourth-order valence-electron chi connectivity index (χ4n) is 3.23. The molecule has 0 saturated heterocycles. The lowest BCUT2D eigenvalue weighted by atomic mass is 10.2. The number of allylic oxidation sites excluding steroid dienone is 1. The van der Waals surface area contributed by atoms with Crippen LogP contribution in [0, 0.1) is 6.92 Å². The number of rotatable bonds is 6. The highest BCUT2D eigenvalue weighted by Gasteiger charge is 2.30. The van der Waals surface area contributed by atoms with Crippen molar-refractivity contribution >= 4 is 17.5 Å². The van der Waals surface area contributed by atoms with E-state index in [0.29, 0.717) is 18.0 Å². The Balaban J connectivity index is 1.62. The van der Waals surface area contributed by atoms with Gasteiger partial charge in [0.25, 0.3) is 11.8 Å². The van der Waals surface area contributed by atoms with Crippen LogP contribution in [0.4, 0.5) is 5.69 Å². The number of carbonyl (C=O) groups excluding carboxylic acids is 2. The van der Waals surface area contributed by atoms with Gasteiger partial charge in [-0.15, -0.1) is 0 Å². The van der Waals surface area contributed by atoms with Crippen molar-refractivity contribution in [2.75, 3.05) is 25.6 Å². The first-order chi connectivity index (χ1) is 14.8. The lowest BCUT2D eigenvalue weighted by Crippen LogP contribution is -2.49.